The number of carbonyl (C=O) groups is 1. The highest BCUT2D eigenvalue weighted by molar-refractivity contribution is 5.66. The van der Waals surface area contributed by atoms with Gasteiger partial charge in [-0.05, 0) is 30.9 Å². The van der Waals surface area contributed by atoms with Crippen LogP contribution in [0.3, 0.4) is 0 Å². The van der Waals surface area contributed by atoms with Crippen LogP contribution in [-0.4, -0.2) is 24.5 Å². The fraction of sp³-hybridized carbons (Fsp3) is 0.400. The van der Waals surface area contributed by atoms with E-state index in [4.69, 9.17) is 14.2 Å². The van der Waals surface area contributed by atoms with Crippen LogP contribution in [0, 0.1) is 23.7 Å². The van der Waals surface area contributed by atoms with Gasteiger partial charge in [0.1, 0.15) is 11.9 Å². The Labute approximate surface area is 112 Å². The normalized spacial score (nSPS) is 29.4. The minimum atomic E-state index is -0.815. The Morgan fingerprint density at radius 2 is 2.42 bits per heavy atom. The van der Waals surface area contributed by atoms with E-state index in [2.05, 4.69) is 23.7 Å². The number of carbonyl (C=O) groups excluding carboxylic acids is 1. The van der Waals surface area contributed by atoms with Gasteiger partial charge >= 0.3 is 5.97 Å². The van der Waals surface area contributed by atoms with Crippen molar-refractivity contribution in [3.05, 3.63) is 24.0 Å². The van der Waals surface area contributed by atoms with Crippen molar-refractivity contribution in [1.29, 1.82) is 0 Å². The van der Waals surface area contributed by atoms with Crippen LogP contribution in [0.2, 0.25) is 0 Å². The van der Waals surface area contributed by atoms with Crippen LogP contribution in [-0.2, 0) is 19.0 Å². The monoisotopic (exact) mass is 258 g/mol. The first-order valence-corrected chi connectivity index (χ1v) is 5.95. The second-order valence-corrected chi connectivity index (χ2v) is 4.18. The molecule has 98 valence electrons. The second kappa shape index (κ2) is 5.65. The Morgan fingerprint density at radius 1 is 1.58 bits per heavy atom. The van der Waals surface area contributed by atoms with Crippen LogP contribution in [0.5, 0.6) is 0 Å². The molecule has 0 saturated carbocycles. The van der Waals surface area contributed by atoms with Crippen molar-refractivity contribution in [3.8, 4) is 23.7 Å². The minimum absolute atomic E-state index is 0.265. The predicted octanol–water partition coefficient (Wildman–Crippen LogP) is 1.53. The lowest BCUT2D eigenvalue weighted by Gasteiger charge is -2.20. The molecule has 2 atom stereocenters. The van der Waals surface area contributed by atoms with Gasteiger partial charge in [-0.15, -0.1) is 0 Å². The fourth-order valence-electron chi connectivity index (χ4n) is 1.93. The van der Waals surface area contributed by atoms with Crippen LogP contribution in [0.25, 0.3) is 0 Å². The van der Waals surface area contributed by atoms with Gasteiger partial charge in [0.25, 0.3) is 0 Å². The van der Waals surface area contributed by atoms with E-state index < -0.39 is 5.79 Å². The first-order valence-electron chi connectivity index (χ1n) is 5.95. The van der Waals surface area contributed by atoms with Gasteiger partial charge in [-0.2, -0.15) is 0 Å². The van der Waals surface area contributed by atoms with Gasteiger partial charge in [0, 0.05) is 13.0 Å². The fourth-order valence-corrected chi connectivity index (χ4v) is 1.93. The van der Waals surface area contributed by atoms with Crippen molar-refractivity contribution in [2.75, 3.05) is 6.61 Å². The summed E-state index contributed by atoms with van der Waals surface area (Å²) in [6.07, 6.45) is 5.47. The third kappa shape index (κ3) is 3.40. The van der Waals surface area contributed by atoms with Crippen molar-refractivity contribution in [2.24, 2.45) is 0 Å². The van der Waals surface area contributed by atoms with Crippen molar-refractivity contribution in [3.63, 3.8) is 0 Å². The van der Waals surface area contributed by atoms with E-state index in [-0.39, 0.29) is 12.1 Å². The maximum absolute atomic E-state index is 10.9. The van der Waals surface area contributed by atoms with E-state index in [1.54, 1.807) is 19.1 Å². The molecule has 19 heavy (non-hydrogen) atoms. The molecule has 2 rings (SSSR count). The average molecular weight is 258 g/mol. The topological polar surface area (TPSA) is 44.8 Å². The smallest absolute Gasteiger partial charge is 0.302 e. The number of hydrogen-bond donors (Lipinski definition) is 0. The number of esters is 1. The van der Waals surface area contributed by atoms with Crippen molar-refractivity contribution in [2.45, 2.75) is 32.2 Å². The van der Waals surface area contributed by atoms with Gasteiger partial charge < -0.3 is 14.2 Å². The molecule has 0 N–H and O–H groups in total. The molecule has 0 aliphatic carbocycles. The first-order chi connectivity index (χ1) is 9.13. The molecule has 2 aliphatic heterocycles. The van der Waals surface area contributed by atoms with Gasteiger partial charge in [0.2, 0.25) is 5.79 Å². The van der Waals surface area contributed by atoms with Gasteiger partial charge in [-0.1, -0.05) is 11.8 Å². The summed E-state index contributed by atoms with van der Waals surface area (Å²) in [6.45, 7) is 3.44. The molecule has 1 saturated heterocycles. The Kier molecular flexibility index (Phi) is 3.94. The standard InChI is InChI=1S/C15H14O4/c1-3-4-5-6-7-13-8-9-15(19-13)10-14(11-17-15)18-12(2)16/h7-9,14H,10-11H2,1-2H3/b13-7+/t14-,15-/m1/s1. The van der Waals surface area contributed by atoms with E-state index in [0.29, 0.717) is 18.8 Å². The average Bonchev–Trinajstić information content (AvgIpc) is 2.93. The highest BCUT2D eigenvalue weighted by Crippen LogP contribution is 2.36. The molecule has 2 heterocycles. The molecular weight excluding hydrogens is 244 g/mol. The molecule has 0 radical (unpaired) electrons. The largest absolute Gasteiger partial charge is 0.460 e. The summed E-state index contributed by atoms with van der Waals surface area (Å²) in [6, 6.07) is 0. The molecule has 1 fully saturated rings. The summed E-state index contributed by atoms with van der Waals surface area (Å²) in [5.41, 5.74) is 0. The summed E-state index contributed by atoms with van der Waals surface area (Å²) in [7, 11) is 0. The summed E-state index contributed by atoms with van der Waals surface area (Å²) in [4.78, 5) is 10.9. The molecule has 4 nitrogen and oxygen atoms in total. The summed E-state index contributed by atoms with van der Waals surface area (Å²) in [5, 5.41) is 0. The maximum atomic E-state index is 10.9. The maximum Gasteiger partial charge on any atom is 0.302 e. The van der Waals surface area contributed by atoms with E-state index in [9.17, 15) is 4.79 Å². The van der Waals surface area contributed by atoms with Crippen LogP contribution >= 0.6 is 0 Å². The zero-order valence-electron chi connectivity index (χ0n) is 10.9. The third-order valence-electron chi connectivity index (χ3n) is 2.62. The number of rotatable bonds is 1. The van der Waals surface area contributed by atoms with Gasteiger partial charge in [0.15, 0.2) is 0 Å². The Hall–Kier alpha value is -2.17. The highest BCUT2D eigenvalue weighted by Gasteiger charge is 2.44. The lowest BCUT2D eigenvalue weighted by atomic mass is 10.1. The number of ether oxygens (including phenoxy) is 3. The molecule has 0 amide bonds. The third-order valence-corrected chi connectivity index (χ3v) is 2.62. The quantitative estimate of drug-likeness (QED) is 0.528. The predicted molar refractivity (Wildman–Crippen MR) is 68.4 cm³/mol. The van der Waals surface area contributed by atoms with E-state index in [0.717, 1.165) is 0 Å². The molecule has 0 bridgehead atoms. The second-order valence-electron chi connectivity index (χ2n) is 4.18. The molecule has 2 aliphatic rings. The number of hydrogen-bond acceptors (Lipinski definition) is 4. The Balaban J connectivity index is 1.96. The molecule has 0 aromatic rings. The van der Waals surface area contributed by atoms with E-state index in [1.165, 1.54) is 6.92 Å². The molecule has 0 unspecified atom stereocenters. The van der Waals surface area contributed by atoms with Crippen molar-refractivity contribution < 1.29 is 19.0 Å². The van der Waals surface area contributed by atoms with Crippen LogP contribution in [0.15, 0.2) is 24.0 Å². The SMILES string of the molecule is CC#CC#C/C=C1\C=C[C@]2(C[C@@H](OC(C)=O)CO2)O1. The van der Waals surface area contributed by atoms with Gasteiger partial charge in [0.05, 0.1) is 13.0 Å². The molecule has 1 spiro atoms. The van der Waals surface area contributed by atoms with Gasteiger partial charge in [-0.25, -0.2) is 0 Å². The summed E-state index contributed by atoms with van der Waals surface area (Å²) >= 11 is 0. The first kappa shape index (κ1) is 13.3. The molecule has 0 aromatic carbocycles. The summed E-state index contributed by atoms with van der Waals surface area (Å²) in [5.74, 6) is 10.2. The molecule has 4 heteroatoms. The van der Waals surface area contributed by atoms with Gasteiger partial charge in [-0.3, -0.25) is 4.79 Å². The summed E-state index contributed by atoms with van der Waals surface area (Å²) < 4.78 is 16.4. The lowest BCUT2D eigenvalue weighted by molar-refractivity contribution is -0.146. The van der Waals surface area contributed by atoms with Crippen molar-refractivity contribution >= 4 is 5.97 Å². The van der Waals surface area contributed by atoms with E-state index in [1.807, 2.05) is 6.08 Å². The Morgan fingerprint density at radius 3 is 3.16 bits per heavy atom. The van der Waals surface area contributed by atoms with Crippen LogP contribution in [0.4, 0.5) is 0 Å². The number of allylic oxidation sites excluding steroid dienone is 2. The molecule has 0 aromatic heterocycles. The zero-order valence-corrected chi connectivity index (χ0v) is 10.9. The Bertz CT molecular complexity index is 550. The highest BCUT2D eigenvalue weighted by atomic mass is 16.7. The lowest BCUT2D eigenvalue weighted by Crippen LogP contribution is -2.26. The van der Waals surface area contributed by atoms with Crippen LogP contribution in [0.1, 0.15) is 20.3 Å². The zero-order chi connectivity index (χ0) is 13.7. The molecular formula is C15H14O4. The minimum Gasteiger partial charge on any atom is -0.460 e. The van der Waals surface area contributed by atoms with Crippen LogP contribution < -0.4 is 0 Å². The van der Waals surface area contributed by atoms with E-state index >= 15 is 0 Å². The van der Waals surface area contributed by atoms with Crippen molar-refractivity contribution in [1.82, 2.24) is 0 Å².